The predicted molar refractivity (Wildman–Crippen MR) is 112 cm³/mol. The summed E-state index contributed by atoms with van der Waals surface area (Å²) in [7, 11) is 0. The van der Waals surface area contributed by atoms with Crippen molar-refractivity contribution in [3.63, 3.8) is 0 Å². The maximum absolute atomic E-state index is 12.9. The molecule has 31 heavy (non-hydrogen) atoms. The zero-order chi connectivity index (χ0) is 21.4. The molecule has 8 heteroatoms. The molecule has 8 nitrogen and oxygen atoms in total. The summed E-state index contributed by atoms with van der Waals surface area (Å²) in [6, 6.07) is 5.43. The number of ether oxygens (including phenoxy) is 2. The van der Waals surface area contributed by atoms with E-state index in [-0.39, 0.29) is 30.2 Å². The van der Waals surface area contributed by atoms with E-state index in [2.05, 4.69) is 10.2 Å². The molecule has 3 fully saturated rings. The van der Waals surface area contributed by atoms with Crippen molar-refractivity contribution in [1.82, 2.24) is 15.1 Å². The Morgan fingerprint density at radius 1 is 1.03 bits per heavy atom. The molecule has 0 radical (unpaired) electrons. The van der Waals surface area contributed by atoms with Crippen molar-refractivity contribution in [1.29, 1.82) is 0 Å². The highest BCUT2D eigenvalue weighted by atomic mass is 16.5. The van der Waals surface area contributed by atoms with Crippen LogP contribution >= 0.6 is 0 Å². The highest BCUT2D eigenvalue weighted by Crippen LogP contribution is 2.33. The maximum atomic E-state index is 12.9. The van der Waals surface area contributed by atoms with Crippen LogP contribution in [0, 0.1) is 0 Å². The Hall–Kier alpha value is -2.45. The van der Waals surface area contributed by atoms with Crippen LogP contribution < -0.4 is 10.1 Å². The highest BCUT2D eigenvalue weighted by molar-refractivity contribution is 6.05. The van der Waals surface area contributed by atoms with Gasteiger partial charge in [-0.05, 0) is 55.9 Å². The summed E-state index contributed by atoms with van der Waals surface area (Å²) in [6.07, 6.45) is 5.14. The lowest BCUT2D eigenvalue weighted by molar-refractivity contribution is -0.136. The van der Waals surface area contributed by atoms with E-state index in [0.29, 0.717) is 24.6 Å². The van der Waals surface area contributed by atoms with E-state index >= 15 is 0 Å². The third kappa shape index (κ3) is 4.06. The summed E-state index contributed by atoms with van der Waals surface area (Å²) in [6.45, 7) is 3.97. The maximum Gasteiger partial charge on any atom is 0.255 e. The quantitative estimate of drug-likeness (QED) is 0.733. The summed E-state index contributed by atoms with van der Waals surface area (Å²) in [4.78, 5) is 40.6. The molecule has 0 aromatic heterocycles. The Morgan fingerprint density at radius 3 is 2.81 bits per heavy atom. The fourth-order valence-electron chi connectivity index (χ4n) is 5.36. The molecule has 1 unspecified atom stereocenters. The zero-order valence-corrected chi connectivity index (χ0v) is 17.7. The van der Waals surface area contributed by atoms with Crippen LogP contribution in [0.15, 0.2) is 18.2 Å². The Kier molecular flexibility index (Phi) is 5.67. The number of benzene rings is 1. The molecule has 3 aliphatic heterocycles. The first kappa shape index (κ1) is 20.5. The minimum atomic E-state index is -0.591. The second-order valence-corrected chi connectivity index (χ2v) is 8.88. The molecule has 3 heterocycles. The van der Waals surface area contributed by atoms with E-state index in [1.54, 1.807) is 4.90 Å². The minimum absolute atomic E-state index is 0.138. The molecule has 1 aromatic carbocycles. The van der Waals surface area contributed by atoms with Gasteiger partial charge in [0.25, 0.3) is 5.91 Å². The lowest BCUT2D eigenvalue weighted by Crippen LogP contribution is -2.52. The molecule has 3 amide bonds. The van der Waals surface area contributed by atoms with Gasteiger partial charge in [0, 0.05) is 44.3 Å². The summed E-state index contributed by atoms with van der Waals surface area (Å²) < 4.78 is 12.0. The second-order valence-electron chi connectivity index (χ2n) is 8.88. The molecule has 1 aromatic rings. The van der Waals surface area contributed by atoms with Gasteiger partial charge in [0.15, 0.2) is 0 Å². The molecule has 1 N–H and O–H groups in total. The molecule has 5 rings (SSSR count). The van der Waals surface area contributed by atoms with E-state index in [9.17, 15) is 14.4 Å². The number of piperidine rings is 1. The number of nitrogens with one attached hydrogen (secondary N) is 1. The van der Waals surface area contributed by atoms with Crippen LogP contribution in [-0.4, -0.2) is 72.0 Å². The zero-order valence-electron chi connectivity index (χ0n) is 17.7. The number of amides is 3. The lowest BCUT2D eigenvalue weighted by Gasteiger charge is -2.31. The Balaban J connectivity index is 1.28. The van der Waals surface area contributed by atoms with Gasteiger partial charge in [0.05, 0.1) is 6.61 Å². The first-order valence-corrected chi connectivity index (χ1v) is 11.4. The number of nitrogens with zero attached hydrogens (tertiary/aromatic N) is 2. The van der Waals surface area contributed by atoms with Crippen LogP contribution in [0.25, 0.3) is 0 Å². The molecule has 1 saturated carbocycles. The van der Waals surface area contributed by atoms with Gasteiger partial charge in [-0.25, -0.2) is 0 Å². The van der Waals surface area contributed by atoms with E-state index in [0.717, 1.165) is 63.3 Å². The number of fused-ring (bicyclic) bond motifs is 1. The van der Waals surface area contributed by atoms with Crippen LogP contribution in [0.5, 0.6) is 5.75 Å². The number of carbonyl (C=O) groups excluding carboxylic acids is 3. The third-order valence-electron chi connectivity index (χ3n) is 6.93. The fraction of sp³-hybridized carbons (Fsp3) is 0.609. The van der Waals surface area contributed by atoms with Gasteiger partial charge in [-0.1, -0.05) is 0 Å². The number of imide groups is 1. The summed E-state index contributed by atoms with van der Waals surface area (Å²) in [5, 5.41) is 2.34. The van der Waals surface area contributed by atoms with Crippen molar-refractivity contribution in [2.75, 3.05) is 26.3 Å². The van der Waals surface area contributed by atoms with E-state index in [1.807, 2.05) is 18.2 Å². The summed E-state index contributed by atoms with van der Waals surface area (Å²) >= 11 is 0. The Bertz CT molecular complexity index is 880. The SMILES string of the molecule is O=C1CCC(N2Cc3cc(O[C@@H]4CCC[C@H]4N4CCCOCC4)ccc3C2=O)C(=O)N1. The summed E-state index contributed by atoms with van der Waals surface area (Å²) in [5.41, 5.74) is 1.50. The Morgan fingerprint density at radius 2 is 1.94 bits per heavy atom. The summed E-state index contributed by atoms with van der Waals surface area (Å²) in [5.74, 6) is -0.0358. The van der Waals surface area contributed by atoms with Crippen LogP contribution in [-0.2, 0) is 20.9 Å². The van der Waals surface area contributed by atoms with Crippen molar-refractivity contribution >= 4 is 17.7 Å². The first-order valence-electron chi connectivity index (χ1n) is 11.4. The smallest absolute Gasteiger partial charge is 0.255 e. The van der Waals surface area contributed by atoms with E-state index < -0.39 is 6.04 Å². The van der Waals surface area contributed by atoms with E-state index in [4.69, 9.17) is 9.47 Å². The average Bonchev–Trinajstić information content (AvgIpc) is 3.22. The number of carbonyl (C=O) groups is 3. The van der Waals surface area contributed by atoms with Gasteiger partial charge in [-0.15, -0.1) is 0 Å². The van der Waals surface area contributed by atoms with Gasteiger partial charge in [0.1, 0.15) is 17.9 Å². The number of rotatable bonds is 4. The fourth-order valence-corrected chi connectivity index (χ4v) is 5.36. The number of hydrogen-bond acceptors (Lipinski definition) is 6. The van der Waals surface area contributed by atoms with Crippen LogP contribution in [0.2, 0.25) is 0 Å². The molecule has 4 aliphatic rings. The molecule has 0 spiro atoms. The van der Waals surface area contributed by atoms with Crippen molar-refractivity contribution in [3.8, 4) is 5.75 Å². The van der Waals surface area contributed by atoms with Crippen LogP contribution in [0.3, 0.4) is 0 Å². The topological polar surface area (TPSA) is 88.2 Å². The molecular formula is C23H29N3O5. The van der Waals surface area contributed by atoms with Gasteiger partial charge in [-0.2, -0.15) is 0 Å². The molecule has 166 valence electrons. The molecule has 3 atom stereocenters. The average molecular weight is 428 g/mol. The van der Waals surface area contributed by atoms with Gasteiger partial charge in [0.2, 0.25) is 11.8 Å². The van der Waals surface area contributed by atoms with Gasteiger partial charge < -0.3 is 14.4 Å². The normalized spacial score (nSPS) is 29.6. The minimum Gasteiger partial charge on any atom is -0.489 e. The van der Waals surface area contributed by atoms with Crippen molar-refractivity contribution in [2.24, 2.45) is 0 Å². The van der Waals surface area contributed by atoms with E-state index in [1.165, 1.54) is 0 Å². The molecule has 0 bridgehead atoms. The first-order chi connectivity index (χ1) is 15.1. The van der Waals surface area contributed by atoms with Crippen molar-refractivity contribution < 1.29 is 23.9 Å². The van der Waals surface area contributed by atoms with Crippen LogP contribution in [0.4, 0.5) is 0 Å². The standard InChI is InChI=1S/C23H29N3O5/c27-21-8-7-19(22(28)24-21)26-14-15-13-16(5-6-17(15)23(26)29)31-20-4-1-3-18(20)25-9-2-11-30-12-10-25/h5-6,13,18-20H,1-4,7-12,14H2,(H,24,27,28)/t18-,19?,20-/m1/s1. The predicted octanol–water partition coefficient (Wildman–Crippen LogP) is 1.47. The van der Waals surface area contributed by atoms with Crippen LogP contribution in [0.1, 0.15) is 54.4 Å². The monoisotopic (exact) mass is 427 g/mol. The van der Waals surface area contributed by atoms with Crippen molar-refractivity contribution in [3.05, 3.63) is 29.3 Å². The van der Waals surface area contributed by atoms with Gasteiger partial charge >= 0.3 is 0 Å². The molecule has 1 aliphatic carbocycles. The third-order valence-corrected chi connectivity index (χ3v) is 6.93. The van der Waals surface area contributed by atoms with Gasteiger partial charge in [-0.3, -0.25) is 24.6 Å². The highest BCUT2D eigenvalue weighted by Gasteiger charge is 2.39. The number of hydrogen-bond donors (Lipinski definition) is 1. The van der Waals surface area contributed by atoms with Crippen molar-refractivity contribution in [2.45, 2.75) is 63.3 Å². The Labute approximate surface area is 181 Å². The molecule has 2 saturated heterocycles. The largest absolute Gasteiger partial charge is 0.489 e. The molecular weight excluding hydrogens is 398 g/mol. The lowest BCUT2D eigenvalue weighted by atomic mass is 10.0. The second kappa shape index (κ2) is 8.59.